The van der Waals surface area contributed by atoms with Crippen LogP contribution in [0, 0.1) is 11.6 Å². The highest BCUT2D eigenvalue weighted by molar-refractivity contribution is 7.99. The molecule has 1 N–H and O–H groups in total. The first-order valence-corrected chi connectivity index (χ1v) is 7.21. The van der Waals surface area contributed by atoms with E-state index in [1.165, 1.54) is 10.6 Å². The minimum atomic E-state index is -0.998. The Balaban J connectivity index is 2.42. The van der Waals surface area contributed by atoms with Crippen LogP contribution in [0.3, 0.4) is 0 Å². The Kier molecular flexibility index (Phi) is 5.13. The molecule has 21 heavy (non-hydrogen) atoms. The molecule has 0 fully saturated rings. The third-order valence-electron chi connectivity index (χ3n) is 2.82. The molecule has 0 bridgehead atoms. The molecule has 5 nitrogen and oxygen atoms in total. The van der Waals surface area contributed by atoms with Crippen molar-refractivity contribution < 1.29 is 23.4 Å². The number of carboxylic acid groups (broad SMARTS) is 1. The van der Waals surface area contributed by atoms with E-state index in [4.69, 9.17) is 9.84 Å². The Morgan fingerprint density at radius 3 is 2.90 bits per heavy atom. The van der Waals surface area contributed by atoms with Crippen molar-refractivity contribution >= 4 is 28.8 Å². The van der Waals surface area contributed by atoms with Gasteiger partial charge < -0.3 is 14.4 Å². The first-order valence-electron chi connectivity index (χ1n) is 6.22. The summed E-state index contributed by atoms with van der Waals surface area (Å²) in [4.78, 5) is 14.8. The number of aryl methyl sites for hydroxylation is 1. The molecule has 0 amide bonds. The predicted octanol–water partition coefficient (Wildman–Crippen LogP) is 2.53. The number of aromatic nitrogens is 2. The maximum atomic E-state index is 14.0. The van der Waals surface area contributed by atoms with E-state index in [1.807, 2.05) is 0 Å². The number of benzene rings is 1. The van der Waals surface area contributed by atoms with Crippen molar-refractivity contribution in [2.45, 2.75) is 18.1 Å². The van der Waals surface area contributed by atoms with Gasteiger partial charge in [-0.2, -0.15) is 0 Å². The molecule has 2 rings (SSSR count). The van der Waals surface area contributed by atoms with Gasteiger partial charge in [0.1, 0.15) is 5.52 Å². The quantitative estimate of drug-likeness (QED) is 0.628. The van der Waals surface area contributed by atoms with Gasteiger partial charge in [0.25, 0.3) is 0 Å². The maximum Gasteiger partial charge on any atom is 0.313 e. The molecule has 1 aromatic heterocycles. The molecule has 0 unspecified atom stereocenters. The highest BCUT2D eigenvalue weighted by Gasteiger charge is 2.18. The summed E-state index contributed by atoms with van der Waals surface area (Å²) in [5.41, 5.74) is 0.359. The van der Waals surface area contributed by atoms with E-state index in [0.717, 1.165) is 17.8 Å². The molecule has 0 saturated heterocycles. The van der Waals surface area contributed by atoms with Crippen LogP contribution in [-0.2, 0) is 16.1 Å². The summed E-state index contributed by atoms with van der Waals surface area (Å²) in [6, 6.07) is 2.39. The van der Waals surface area contributed by atoms with E-state index in [9.17, 15) is 13.6 Å². The minimum absolute atomic E-state index is 0.0546. The van der Waals surface area contributed by atoms with Gasteiger partial charge in [0.2, 0.25) is 0 Å². The molecule has 1 aromatic carbocycles. The molecule has 1 heterocycles. The van der Waals surface area contributed by atoms with Gasteiger partial charge in [0, 0.05) is 20.3 Å². The lowest BCUT2D eigenvalue weighted by Crippen LogP contribution is -2.06. The molecule has 0 radical (unpaired) electrons. The summed E-state index contributed by atoms with van der Waals surface area (Å²) in [5, 5.41) is 9.10. The van der Waals surface area contributed by atoms with Crippen LogP contribution in [0.15, 0.2) is 17.3 Å². The average Bonchev–Trinajstić information content (AvgIpc) is 2.80. The number of imidazole rings is 1. The summed E-state index contributed by atoms with van der Waals surface area (Å²) in [6.45, 7) is 0.826. The molecule has 0 aliphatic heterocycles. The van der Waals surface area contributed by atoms with Crippen molar-refractivity contribution in [2.24, 2.45) is 0 Å². The van der Waals surface area contributed by atoms with Crippen molar-refractivity contribution in [3.8, 4) is 0 Å². The maximum absolute atomic E-state index is 14.0. The second kappa shape index (κ2) is 6.86. The number of fused-ring (bicyclic) bond motifs is 1. The number of aliphatic carboxylic acids is 1. The van der Waals surface area contributed by atoms with E-state index >= 15 is 0 Å². The predicted molar refractivity (Wildman–Crippen MR) is 74.5 cm³/mol. The Hall–Kier alpha value is -1.67. The van der Waals surface area contributed by atoms with Crippen LogP contribution < -0.4 is 0 Å². The number of carbonyl (C=O) groups is 1. The zero-order valence-corrected chi connectivity index (χ0v) is 12.1. The van der Waals surface area contributed by atoms with Gasteiger partial charge in [-0.3, -0.25) is 4.79 Å². The van der Waals surface area contributed by atoms with Gasteiger partial charge in [-0.15, -0.1) is 0 Å². The molecule has 2 aromatic rings. The molecule has 0 aliphatic rings. The fourth-order valence-electron chi connectivity index (χ4n) is 1.95. The van der Waals surface area contributed by atoms with Crippen molar-refractivity contribution in [3.05, 3.63) is 23.8 Å². The number of thioether (sulfide) groups is 1. The lowest BCUT2D eigenvalue weighted by atomic mass is 10.3. The van der Waals surface area contributed by atoms with Gasteiger partial charge in [0.05, 0.1) is 11.3 Å². The topological polar surface area (TPSA) is 64.3 Å². The molecule has 0 spiro atoms. The highest BCUT2D eigenvalue weighted by atomic mass is 32.2. The zero-order chi connectivity index (χ0) is 15.4. The van der Waals surface area contributed by atoms with E-state index < -0.39 is 17.6 Å². The van der Waals surface area contributed by atoms with Crippen LogP contribution in [0.25, 0.3) is 11.0 Å². The number of hydrogen-bond acceptors (Lipinski definition) is 4. The van der Waals surface area contributed by atoms with Gasteiger partial charge >= 0.3 is 5.97 Å². The van der Waals surface area contributed by atoms with Crippen molar-refractivity contribution in [1.29, 1.82) is 0 Å². The third kappa shape index (κ3) is 3.51. The van der Waals surface area contributed by atoms with Gasteiger partial charge in [-0.05, 0) is 18.6 Å². The fraction of sp³-hybridized carbons (Fsp3) is 0.385. The second-order valence-electron chi connectivity index (χ2n) is 4.30. The van der Waals surface area contributed by atoms with Crippen LogP contribution in [0.4, 0.5) is 8.78 Å². The van der Waals surface area contributed by atoms with E-state index in [0.29, 0.717) is 30.2 Å². The SMILES string of the molecule is COCCCn1c(SCC(=O)O)nc2ccc(F)c(F)c21. The van der Waals surface area contributed by atoms with Crippen LogP contribution in [0.5, 0.6) is 0 Å². The standard InChI is InChI=1S/C13H14F2N2O3S/c1-20-6-2-5-17-12-9(4-3-8(14)11(12)15)16-13(17)21-7-10(18)19/h3-4H,2,5-7H2,1H3,(H,18,19). The normalized spacial score (nSPS) is 11.2. The van der Waals surface area contributed by atoms with E-state index in [2.05, 4.69) is 4.98 Å². The van der Waals surface area contributed by atoms with Gasteiger partial charge in [0.15, 0.2) is 16.8 Å². The van der Waals surface area contributed by atoms with Crippen LogP contribution in [0.2, 0.25) is 0 Å². The highest BCUT2D eigenvalue weighted by Crippen LogP contribution is 2.27. The third-order valence-corrected chi connectivity index (χ3v) is 3.78. The van der Waals surface area contributed by atoms with Crippen LogP contribution in [0.1, 0.15) is 6.42 Å². The Morgan fingerprint density at radius 1 is 1.48 bits per heavy atom. The number of nitrogens with zero attached hydrogens (tertiary/aromatic N) is 2. The molecular weight excluding hydrogens is 302 g/mol. The lowest BCUT2D eigenvalue weighted by molar-refractivity contribution is -0.133. The van der Waals surface area contributed by atoms with E-state index in [1.54, 1.807) is 7.11 Å². The summed E-state index contributed by atoms with van der Waals surface area (Å²) in [5.74, 6) is -3.12. The first kappa shape index (κ1) is 15.7. The lowest BCUT2D eigenvalue weighted by Gasteiger charge is -2.08. The number of carboxylic acids is 1. The number of hydrogen-bond donors (Lipinski definition) is 1. The molecule has 0 atom stereocenters. The second-order valence-corrected chi connectivity index (χ2v) is 5.25. The van der Waals surface area contributed by atoms with Crippen molar-refractivity contribution in [2.75, 3.05) is 19.5 Å². The Labute approximate surface area is 123 Å². The number of ether oxygens (including phenoxy) is 1. The molecule has 0 aliphatic carbocycles. The minimum Gasteiger partial charge on any atom is -0.481 e. The van der Waals surface area contributed by atoms with Gasteiger partial charge in [-0.1, -0.05) is 11.8 Å². The van der Waals surface area contributed by atoms with Crippen molar-refractivity contribution in [1.82, 2.24) is 9.55 Å². The monoisotopic (exact) mass is 316 g/mol. The Bertz CT molecular complexity index is 660. The fourth-order valence-corrected chi connectivity index (χ4v) is 2.70. The Morgan fingerprint density at radius 2 is 2.24 bits per heavy atom. The van der Waals surface area contributed by atoms with E-state index in [-0.39, 0.29) is 11.3 Å². The smallest absolute Gasteiger partial charge is 0.313 e. The van der Waals surface area contributed by atoms with Crippen LogP contribution >= 0.6 is 11.8 Å². The van der Waals surface area contributed by atoms with Crippen molar-refractivity contribution in [3.63, 3.8) is 0 Å². The van der Waals surface area contributed by atoms with Crippen LogP contribution in [-0.4, -0.2) is 40.1 Å². The number of methoxy groups -OCH3 is 1. The summed E-state index contributed by atoms with van der Waals surface area (Å²) >= 11 is 0.976. The molecule has 114 valence electrons. The number of rotatable bonds is 7. The number of halogens is 2. The molecule has 8 heteroatoms. The zero-order valence-electron chi connectivity index (χ0n) is 11.3. The summed E-state index contributed by atoms with van der Waals surface area (Å²) in [7, 11) is 1.55. The average molecular weight is 316 g/mol. The summed E-state index contributed by atoms with van der Waals surface area (Å²) < 4.78 is 33.8. The largest absolute Gasteiger partial charge is 0.481 e. The van der Waals surface area contributed by atoms with Gasteiger partial charge in [-0.25, -0.2) is 13.8 Å². The summed E-state index contributed by atoms with van der Waals surface area (Å²) in [6.07, 6.45) is 0.582. The first-order chi connectivity index (χ1) is 10.0. The molecule has 0 saturated carbocycles. The molecular formula is C13H14F2N2O3S.